The van der Waals surface area contributed by atoms with Crippen molar-refractivity contribution in [3.63, 3.8) is 0 Å². The minimum atomic E-state index is -2.94. The zero-order valence-corrected chi connectivity index (χ0v) is 9.65. The van der Waals surface area contributed by atoms with E-state index in [9.17, 15) is 8.42 Å². The van der Waals surface area contributed by atoms with Crippen LogP contribution in [0.2, 0.25) is 0 Å². The molecule has 0 unspecified atom stereocenters. The number of ether oxygens (including phenoxy) is 1. The molecule has 3 nitrogen and oxygen atoms in total. The van der Waals surface area contributed by atoms with Crippen LogP contribution in [0.25, 0.3) is 0 Å². The Morgan fingerprint density at radius 1 is 1.12 bits per heavy atom. The number of hydrogen-bond donors (Lipinski definition) is 0. The van der Waals surface area contributed by atoms with E-state index >= 15 is 0 Å². The summed E-state index contributed by atoms with van der Waals surface area (Å²) in [5, 5.41) is -0.511. The lowest BCUT2D eigenvalue weighted by atomic mass is 9.81. The highest BCUT2D eigenvalue weighted by molar-refractivity contribution is 7.94. The van der Waals surface area contributed by atoms with Gasteiger partial charge in [-0.1, -0.05) is 24.3 Å². The lowest BCUT2D eigenvalue weighted by Crippen LogP contribution is -2.55. The summed E-state index contributed by atoms with van der Waals surface area (Å²) in [6, 6.07) is 8.00. The van der Waals surface area contributed by atoms with Gasteiger partial charge in [-0.05, 0) is 18.1 Å². The van der Waals surface area contributed by atoms with E-state index in [0.29, 0.717) is 0 Å². The van der Waals surface area contributed by atoms with Gasteiger partial charge in [0.25, 0.3) is 0 Å². The zero-order valence-electron chi connectivity index (χ0n) is 8.83. The summed E-state index contributed by atoms with van der Waals surface area (Å²) in [5.41, 5.74) is 2.29. The Bertz CT molecular complexity index is 578. The fourth-order valence-corrected chi connectivity index (χ4v) is 5.89. The minimum absolute atomic E-state index is 0.0183. The van der Waals surface area contributed by atoms with E-state index < -0.39 is 9.84 Å². The van der Waals surface area contributed by atoms with Crippen molar-refractivity contribution in [1.29, 1.82) is 0 Å². The number of sulfone groups is 1. The molecule has 0 radical (unpaired) electrons. The third kappa shape index (κ3) is 0.769. The largest absolute Gasteiger partial charge is 0.364 e. The highest BCUT2D eigenvalue weighted by atomic mass is 32.2. The molecule has 5 atom stereocenters. The highest BCUT2D eigenvalue weighted by Gasteiger charge is 2.68. The van der Waals surface area contributed by atoms with Gasteiger partial charge in [0.2, 0.25) is 0 Å². The van der Waals surface area contributed by atoms with Crippen molar-refractivity contribution >= 4 is 9.84 Å². The summed E-state index contributed by atoms with van der Waals surface area (Å²) in [4.78, 5) is 0. The van der Waals surface area contributed by atoms with Gasteiger partial charge in [-0.25, -0.2) is 8.42 Å². The third-order valence-corrected chi connectivity index (χ3v) is 7.04. The van der Waals surface area contributed by atoms with Gasteiger partial charge in [-0.15, -0.1) is 0 Å². The van der Waals surface area contributed by atoms with Crippen LogP contribution in [0.1, 0.15) is 30.3 Å². The summed E-state index contributed by atoms with van der Waals surface area (Å²) < 4.78 is 29.8. The number of hydrogen-bond acceptors (Lipinski definition) is 3. The molecule has 3 aliphatic rings. The van der Waals surface area contributed by atoms with Crippen molar-refractivity contribution < 1.29 is 13.2 Å². The van der Waals surface area contributed by atoms with E-state index in [1.54, 1.807) is 0 Å². The quantitative estimate of drug-likeness (QED) is 0.687. The average Bonchev–Trinajstić information content (AvgIpc) is 2.83. The third-order valence-electron chi connectivity index (χ3n) is 4.37. The number of rotatable bonds is 0. The Balaban J connectivity index is 1.92. The smallest absolute Gasteiger partial charge is 0.159 e. The van der Waals surface area contributed by atoms with Crippen LogP contribution in [0.5, 0.6) is 0 Å². The molecule has 0 aliphatic carbocycles. The van der Waals surface area contributed by atoms with Crippen molar-refractivity contribution in [3.05, 3.63) is 35.4 Å². The van der Waals surface area contributed by atoms with Crippen LogP contribution in [-0.4, -0.2) is 18.9 Å². The van der Waals surface area contributed by atoms with Crippen LogP contribution >= 0.6 is 0 Å². The first-order valence-electron chi connectivity index (χ1n) is 5.59. The van der Waals surface area contributed by atoms with Gasteiger partial charge in [-0.3, -0.25) is 0 Å². The first kappa shape index (κ1) is 9.19. The van der Waals surface area contributed by atoms with Crippen molar-refractivity contribution in [2.45, 2.75) is 29.6 Å². The first-order chi connectivity index (χ1) is 7.62. The molecule has 0 N–H and O–H groups in total. The van der Waals surface area contributed by atoms with Gasteiger partial charge in [0.1, 0.15) is 6.10 Å². The molecular weight excluding hydrogens is 224 g/mol. The molecule has 3 aliphatic heterocycles. The maximum absolute atomic E-state index is 12.0. The van der Waals surface area contributed by atoms with E-state index in [1.165, 1.54) is 5.56 Å². The van der Waals surface area contributed by atoms with Crippen molar-refractivity contribution in [3.8, 4) is 0 Å². The van der Waals surface area contributed by atoms with Gasteiger partial charge in [0.05, 0.1) is 16.6 Å². The van der Waals surface area contributed by atoms with E-state index in [-0.39, 0.29) is 28.6 Å². The molecule has 0 aromatic heterocycles. The van der Waals surface area contributed by atoms with Crippen LogP contribution in [0.4, 0.5) is 0 Å². The standard InChI is InChI=1S/C12H12O3S/c1-6-9-10-7-4-2-3-5-8(7)11(15-10)12(9)16(6,13)14/h2-6,9-12H,1H3/t6-,9+,10+,11+,12-/m1/s1. The molecule has 0 spiro atoms. The van der Waals surface area contributed by atoms with Gasteiger partial charge in [-0.2, -0.15) is 0 Å². The highest BCUT2D eigenvalue weighted by Crippen LogP contribution is 2.63. The molecule has 1 aromatic rings. The van der Waals surface area contributed by atoms with Gasteiger partial charge in [0, 0.05) is 5.92 Å². The molecule has 0 saturated carbocycles. The lowest BCUT2D eigenvalue weighted by Gasteiger charge is -2.43. The van der Waals surface area contributed by atoms with E-state index in [0.717, 1.165) is 5.56 Å². The summed E-state index contributed by atoms with van der Waals surface area (Å²) in [7, 11) is -2.94. The van der Waals surface area contributed by atoms with E-state index in [1.807, 2.05) is 25.1 Å². The molecule has 2 saturated heterocycles. The normalized spacial score (nSPS) is 45.9. The minimum Gasteiger partial charge on any atom is -0.364 e. The summed E-state index contributed by atoms with van der Waals surface area (Å²) >= 11 is 0. The molecule has 4 rings (SSSR count). The predicted molar refractivity (Wildman–Crippen MR) is 58.7 cm³/mol. The molecule has 84 valence electrons. The second-order valence-electron chi connectivity index (χ2n) is 4.94. The van der Waals surface area contributed by atoms with Crippen molar-refractivity contribution in [1.82, 2.24) is 0 Å². The fraction of sp³-hybridized carbons (Fsp3) is 0.500. The second kappa shape index (κ2) is 2.51. The molecule has 3 heterocycles. The maximum Gasteiger partial charge on any atom is 0.159 e. The van der Waals surface area contributed by atoms with Gasteiger partial charge >= 0.3 is 0 Å². The van der Waals surface area contributed by atoms with Gasteiger partial charge in [0.15, 0.2) is 9.84 Å². The molecule has 0 amide bonds. The molecule has 1 aromatic carbocycles. The monoisotopic (exact) mass is 236 g/mol. The zero-order chi connectivity index (χ0) is 11.1. The summed E-state index contributed by atoms with van der Waals surface area (Å²) in [6.07, 6.45) is -0.183. The Kier molecular flexibility index (Phi) is 1.44. The number of fused-ring (bicyclic) bond motifs is 8. The van der Waals surface area contributed by atoms with Crippen LogP contribution in [0, 0.1) is 5.92 Å². The fourth-order valence-electron chi connectivity index (χ4n) is 3.54. The first-order valence-corrected chi connectivity index (χ1v) is 7.20. The van der Waals surface area contributed by atoms with E-state index in [4.69, 9.17) is 4.74 Å². The molecular formula is C12H12O3S. The summed E-state index contributed by atoms with van der Waals surface area (Å²) in [6.45, 7) is 1.81. The second-order valence-corrected chi connectivity index (χ2v) is 7.41. The number of benzene rings is 1. The SMILES string of the molecule is C[C@@H]1[C@@H]2[C@H]([C@H]3O[C@H]2c2ccccc23)S1(=O)=O. The van der Waals surface area contributed by atoms with E-state index in [2.05, 4.69) is 6.07 Å². The van der Waals surface area contributed by atoms with Crippen LogP contribution < -0.4 is 0 Å². The Labute approximate surface area is 94.3 Å². The topological polar surface area (TPSA) is 43.4 Å². The van der Waals surface area contributed by atoms with Crippen LogP contribution in [0.15, 0.2) is 24.3 Å². The van der Waals surface area contributed by atoms with Crippen molar-refractivity contribution in [2.75, 3.05) is 0 Å². The Morgan fingerprint density at radius 2 is 1.75 bits per heavy atom. The maximum atomic E-state index is 12.0. The molecule has 2 bridgehead atoms. The van der Waals surface area contributed by atoms with Crippen LogP contribution in [-0.2, 0) is 14.6 Å². The molecule has 2 fully saturated rings. The molecule has 4 heteroatoms. The van der Waals surface area contributed by atoms with Gasteiger partial charge < -0.3 is 4.74 Å². The van der Waals surface area contributed by atoms with Crippen molar-refractivity contribution in [2.24, 2.45) is 5.92 Å². The predicted octanol–water partition coefficient (Wildman–Crippen LogP) is 1.61. The van der Waals surface area contributed by atoms with Crippen LogP contribution in [0.3, 0.4) is 0 Å². The summed E-state index contributed by atoms with van der Waals surface area (Å²) in [5.74, 6) is 0.185. The Hall–Kier alpha value is -0.870. The molecule has 16 heavy (non-hydrogen) atoms. The average molecular weight is 236 g/mol. The lowest BCUT2D eigenvalue weighted by molar-refractivity contribution is 0.0623. The Morgan fingerprint density at radius 3 is 2.44 bits per heavy atom.